The topological polar surface area (TPSA) is 67.6 Å². The predicted octanol–water partition coefficient (Wildman–Crippen LogP) is 1.37. The Morgan fingerprint density at radius 1 is 1.55 bits per heavy atom. The Hall–Kier alpha value is -1.59. The Kier molecular flexibility index (Phi) is 6.21. The minimum absolute atomic E-state index is 0.0631. The standard InChI is InChI=1S/C17H27N3O2/c1-13(18)15-6-4-8-20(11-15)12-17(21)19-10-14-5-3-7-16(9-14)22-2/h3,5,7,9,13,15H,4,6,8,10-12,18H2,1-2H3,(H,19,21). The number of nitrogens with two attached hydrogens (primary N) is 1. The van der Waals surface area contributed by atoms with E-state index in [9.17, 15) is 4.79 Å². The number of nitrogens with one attached hydrogen (secondary N) is 1. The van der Waals surface area contributed by atoms with Crippen LogP contribution < -0.4 is 15.8 Å². The van der Waals surface area contributed by atoms with Gasteiger partial charge in [-0.2, -0.15) is 0 Å². The zero-order valence-electron chi connectivity index (χ0n) is 13.5. The van der Waals surface area contributed by atoms with Crippen LogP contribution in [0.3, 0.4) is 0 Å². The van der Waals surface area contributed by atoms with Gasteiger partial charge in [-0.3, -0.25) is 9.69 Å². The number of likely N-dealkylation sites (tertiary alicyclic amines) is 1. The first-order chi connectivity index (χ1) is 10.6. The lowest BCUT2D eigenvalue weighted by molar-refractivity contribution is -0.122. The summed E-state index contributed by atoms with van der Waals surface area (Å²) >= 11 is 0. The highest BCUT2D eigenvalue weighted by Gasteiger charge is 2.23. The third-order valence-electron chi connectivity index (χ3n) is 4.28. The third kappa shape index (κ3) is 5.00. The predicted molar refractivity (Wildman–Crippen MR) is 87.7 cm³/mol. The molecular weight excluding hydrogens is 278 g/mol. The van der Waals surface area contributed by atoms with Gasteiger partial charge in [-0.15, -0.1) is 0 Å². The lowest BCUT2D eigenvalue weighted by Crippen LogP contribution is -2.46. The number of carbonyl (C=O) groups is 1. The number of hydrogen-bond acceptors (Lipinski definition) is 4. The van der Waals surface area contributed by atoms with E-state index in [0.29, 0.717) is 19.0 Å². The van der Waals surface area contributed by atoms with Gasteiger partial charge in [0.05, 0.1) is 13.7 Å². The molecule has 22 heavy (non-hydrogen) atoms. The van der Waals surface area contributed by atoms with Gasteiger partial charge < -0.3 is 15.8 Å². The lowest BCUT2D eigenvalue weighted by atomic mass is 9.92. The minimum Gasteiger partial charge on any atom is -0.497 e. The first-order valence-corrected chi connectivity index (χ1v) is 7.96. The van der Waals surface area contributed by atoms with Crippen LogP contribution in [0.25, 0.3) is 0 Å². The molecule has 0 aromatic heterocycles. The average Bonchev–Trinajstić information content (AvgIpc) is 2.53. The Balaban J connectivity index is 1.77. The SMILES string of the molecule is COc1cccc(CNC(=O)CN2CCCC(C(C)N)C2)c1. The van der Waals surface area contributed by atoms with E-state index in [1.54, 1.807) is 7.11 Å². The molecule has 1 aliphatic rings. The summed E-state index contributed by atoms with van der Waals surface area (Å²) in [5.41, 5.74) is 7.02. The molecule has 5 nitrogen and oxygen atoms in total. The molecular formula is C17H27N3O2. The summed E-state index contributed by atoms with van der Waals surface area (Å²) in [7, 11) is 1.64. The number of methoxy groups -OCH3 is 1. The maximum Gasteiger partial charge on any atom is 0.234 e. The normalized spacial score (nSPS) is 20.4. The van der Waals surface area contributed by atoms with Gasteiger partial charge in [-0.1, -0.05) is 12.1 Å². The van der Waals surface area contributed by atoms with Crippen molar-refractivity contribution in [3.05, 3.63) is 29.8 Å². The summed E-state index contributed by atoms with van der Waals surface area (Å²) in [6.07, 6.45) is 2.29. The fourth-order valence-corrected chi connectivity index (χ4v) is 2.91. The molecule has 0 spiro atoms. The summed E-state index contributed by atoms with van der Waals surface area (Å²) in [4.78, 5) is 14.3. The van der Waals surface area contributed by atoms with Crippen molar-refractivity contribution in [2.24, 2.45) is 11.7 Å². The first-order valence-electron chi connectivity index (χ1n) is 7.96. The van der Waals surface area contributed by atoms with E-state index in [4.69, 9.17) is 10.5 Å². The molecule has 0 saturated carbocycles. The summed E-state index contributed by atoms with van der Waals surface area (Å²) in [6, 6.07) is 7.94. The number of amides is 1. The molecule has 1 aromatic carbocycles. The molecule has 2 unspecified atom stereocenters. The van der Waals surface area contributed by atoms with Crippen LogP contribution in [0.5, 0.6) is 5.75 Å². The van der Waals surface area contributed by atoms with Gasteiger partial charge in [-0.25, -0.2) is 0 Å². The molecule has 2 atom stereocenters. The highest BCUT2D eigenvalue weighted by molar-refractivity contribution is 5.78. The second-order valence-corrected chi connectivity index (χ2v) is 6.12. The van der Waals surface area contributed by atoms with Crippen LogP contribution >= 0.6 is 0 Å². The van der Waals surface area contributed by atoms with Gasteiger partial charge in [0.15, 0.2) is 0 Å². The summed E-state index contributed by atoms with van der Waals surface area (Å²) in [6.45, 7) is 4.94. The molecule has 1 amide bonds. The zero-order valence-corrected chi connectivity index (χ0v) is 13.5. The number of nitrogens with zero attached hydrogens (tertiary/aromatic N) is 1. The zero-order chi connectivity index (χ0) is 15.9. The number of ether oxygens (including phenoxy) is 1. The molecule has 1 aliphatic heterocycles. The van der Waals surface area contributed by atoms with Crippen LogP contribution in [-0.2, 0) is 11.3 Å². The molecule has 3 N–H and O–H groups in total. The van der Waals surface area contributed by atoms with Crippen LogP contribution in [-0.4, -0.2) is 43.6 Å². The summed E-state index contributed by atoms with van der Waals surface area (Å²) in [5.74, 6) is 1.37. The van der Waals surface area contributed by atoms with Gasteiger partial charge in [0.1, 0.15) is 5.75 Å². The van der Waals surface area contributed by atoms with Crippen LogP contribution in [0.2, 0.25) is 0 Å². The van der Waals surface area contributed by atoms with E-state index >= 15 is 0 Å². The van der Waals surface area contributed by atoms with Crippen molar-refractivity contribution in [1.29, 1.82) is 0 Å². The largest absolute Gasteiger partial charge is 0.497 e. The van der Waals surface area contributed by atoms with Crippen molar-refractivity contribution in [2.75, 3.05) is 26.7 Å². The van der Waals surface area contributed by atoms with Crippen LogP contribution in [0, 0.1) is 5.92 Å². The quantitative estimate of drug-likeness (QED) is 0.833. The van der Waals surface area contributed by atoms with Gasteiger partial charge in [0, 0.05) is 19.1 Å². The molecule has 1 fully saturated rings. The maximum atomic E-state index is 12.1. The fraction of sp³-hybridized carbons (Fsp3) is 0.588. The molecule has 122 valence electrons. The molecule has 2 rings (SSSR count). The second kappa shape index (κ2) is 8.15. The monoisotopic (exact) mass is 305 g/mol. The van der Waals surface area contributed by atoms with Crippen molar-refractivity contribution < 1.29 is 9.53 Å². The van der Waals surface area contributed by atoms with Crippen molar-refractivity contribution in [2.45, 2.75) is 32.4 Å². The van der Waals surface area contributed by atoms with Gasteiger partial charge in [-0.05, 0) is 49.9 Å². The molecule has 0 bridgehead atoms. The van der Waals surface area contributed by atoms with Gasteiger partial charge >= 0.3 is 0 Å². The molecule has 1 aromatic rings. The van der Waals surface area contributed by atoms with Crippen molar-refractivity contribution in [3.63, 3.8) is 0 Å². The number of piperidine rings is 1. The van der Waals surface area contributed by atoms with E-state index in [1.165, 1.54) is 6.42 Å². The Labute approximate surface area is 132 Å². The number of benzene rings is 1. The van der Waals surface area contributed by atoms with E-state index in [2.05, 4.69) is 17.1 Å². The van der Waals surface area contributed by atoms with E-state index in [0.717, 1.165) is 30.8 Å². The maximum absolute atomic E-state index is 12.1. The highest BCUT2D eigenvalue weighted by atomic mass is 16.5. The molecule has 5 heteroatoms. The Morgan fingerprint density at radius 2 is 2.36 bits per heavy atom. The number of carbonyl (C=O) groups excluding carboxylic acids is 1. The lowest BCUT2D eigenvalue weighted by Gasteiger charge is -2.34. The molecule has 0 radical (unpaired) electrons. The average molecular weight is 305 g/mol. The summed E-state index contributed by atoms with van der Waals surface area (Å²) < 4.78 is 5.18. The molecule has 1 saturated heterocycles. The third-order valence-corrected chi connectivity index (χ3v) is 4.28. The van der Waals surface area contributed by atoms with Crippen LogP contribution in [0.1, 0.15) is 25.3 Å². The van der Waals surface area contributed by atoms with Gasteiger partial charge in [0.2, 0.25) is 5.91 Å². The number of hydrogen-bond donors (Lipinski definition) is 2. The van der Waals surface area contributed by atoms with Crippen LogP contribution in [0.15, 0.2) is 24.3 Å². The molecule has 0 aliphatic carbocycles. The smallest absolute Gasteiger partial charge is 0.234 e. The van der Waals surface area contributed by atoms with E-state index in [-0.39, 0.29) is 11.9 Å². The van der Waals surface area contributed by atoms with Crippen molar-refractivity contribution >= 4 is 5.91 Å². The Morgan fingerprint density at radius 3 is 3.09 bits per heavy atom. The first kappa shape index (κ1) is 16.8. The summed E-state index contributed by atoms with van der Waals surface area (Å²) in [5, 5.41) is 2.97. The fourth-order valence-electron chi connectivity index (χ4n) is 2.91. The van der Waals surface area contributed by atoms with Crippen molar-refractivity contribution in [1.82, 2.24) is 10.2 Å². The molecule has 1 heterocycles. The number of rotatable bonds is 6. The minimum atomic E-state index is 0.0631. The van der Waals surface area contributed by atoms with Crippen molar-refractivity contribution in [3.8, 4) is 5.75 Å². The second-order valence-electron chi connectivity index (χ2n) is 6.12. The van der Waals surface area contributed by atoms with E-state index < -0.39 is 0 Å². The highest BCUT2D eigenvalue weighted by Crippen LogP contribution is 2.18. The Bertz CT molecular complexity index is 491. The van der Waals surface area contributed by atoms with E-state index in [1.807, 2.05) is 24.3 Å². The van der Waals surface area contributed by atoms with Crippen LogP contribution in [0.4, 0.5) is 0 Å². The van der Waals surface area contributed by atoms with Gasteiger partial charge in [0.25, 0.3) is 0 Å².